The van der Waals surface area contributed by atoms with E-state index in [4.69, 9.17) is 0 Å². The Hall–Kier alpha value is -0.900. The van der Waals surface area contributed by atoms with Crippen molar-refractivity contribution in [2.24, 2.45) is 0 Å². The molecule has 2 heterocycles. The third kappa shape index (κ3) is 1.72. The summed E-state index contributed by atoms with van der Waals surface area (Å²) in [6.07, 6.45) is 3.92. The highest BCUT2D eigenvalue weighted by molar-refractivity contribution is 5.00. The summed E-state index contributed by atoms with van der Waals surface area (Å²) in [6.45, 7) is 1.56. The number of alkyl halides is 1. The molecule has 0 spiro atoms. The summed E-state index contributed by atoms with van der Waals surface area (Å²) < 4.78 is 14.3. The van der Waals surface area contributed by atoms with Gasteiger partial charge in [0.2, 0.25) is 0 Å². The molecule has 1 aromatic heterocycles. The molecule has 0 bridgehead atoms. The summed E-state index contributed by atoms with van der Waals surface area (Å²) in [5, 5.41) is 7.44. The minimum atomic E-state index is -0.420. The van der Waals surface area contributed by atoms with Gasteiger partial charge in [0, 0.05) is 12.7 Å². The number of halogens is 1. The van der Waals surface area contributed by atoms with Gasteiger partial charge in [-0.1, -0.05) is 0 Å². The molecule has 1 atom stereocenters. The summed E-state index contributed by atoms with van der Waals surface area (Å²) in [6, 6.07) is 2.09. The van der Waals surface area contributed by atoms with Crippen molar-refractivity contribution in [1.82, 2.24) is 15.1 Å². The molecule has 1 unspecified atom stereocenters. The van der Waals surface area contributed by atoms with Gasteiger partial charge in [-0.2, -0.15) is 5.10 Å². The lowest BCUT2D eigenvalue weighted by Gasteiger charge is -2.24. The highest BCUT2D eigenvalue weighted by Gasteiger charge is 2.17. The second-order valence-electron chi connectivity index (χ2n) is 3.40. The van der Waals surface area contributed by atoms with E-state index in [1.807, 2.05) is 4.68 Å². The number of aromatic nitrogens is 2. The quantitative estimate of drug-likeness (QED) is 0.748. The van der Waals surface area contributed by atoms with Gasteiger partial charge < -0.3 is 5.32 Å². The Balaban J connectivity index is 2.13. The fraction of sp³-hybridized carbons (Fsp3) is 0.667. The van der Waals surface area contributed by atoms with E-state index < -0.39 is 6.67 Å². The van der Waals surface area contributed by atoms with Crippen LogP contribution >= 0.6 is 0 Å². The van der Waals surface area contributed by atoms with Crippen LogP contribution in [0.15, 0.2) is 12.3 Å². The van der Waals surface area contributed by atoms with Crippen molar-refractivity contribution in [3.63, 3.8) is 0 Å². The lowest BCUT2D eigenvalue weighted by atomic mass is 10.1. The fourth-order valence-electron chi connectivity index (χ4n) is 1.82. The van der Waals surface area contributed by atoms with E-state index in [-0.39, 0.29) is 0 Å². The first-order chi connectivity index (χ1) is 6.42. The van der Waals surface area contributed by atoms with Crippen LogP contribution in [0, 0.1) is 0 Å². The van der Waals surface area contributed by atoms with Crippen LogP contribution in [0.2, 0.25) is 0 Å². The zero-order valence-electron chi connectivity index (χ0n) is 7.54. The minimum Gasteiger partial charge on any atom is -0.315 e. The molecule has 3 nitrogen and oxygen atoms in total. The summed E-state index contributed by atoms with van der Waals surface area (Å²) in [7, 11) is 0. The molecule has 2 rings (SSSR count). The normalized spacial score (nSPS) is 23.3. The summed E-state index contributed by atoms with van der Waals surface area (Å²) >= 11 is 0. The molecule has 1 aliphatic rings. The van der Waals surface area contributed by atoms with Crippen LogP contribution < -0.4 is 5.32 Å². The number of hydrogen-bond donors (Lipinski definition) is 1. The van der Waals surface area contributed by atoms with Crippen molar-refractivity contribution < 1.29 is 4.39 Å². The van der Waals surface area contributed by atoms with Crippen LogP contribution in [0.25, 0.3) is 0 Å². The summed E-state index contributed by atoms with van der Waals surface area (Å²) in [4.78, 5) is 0. The molecule has 0 aromatic carbocycles. The third-order valence-electron chi connectivity index (χ3n) is 2.51. The van der Waals surface area contributed by atoms with E-state index >= 15 is 0 Å². The Morgan fingerprint density at radius 2 is 2.62 bits per heavy atom. The number of rotatable bonds is 2. The van der Waals surface area contributed by atoms with E-state index in [1.165, 1.54) is 0 Å². The Morgan fingerprint density at radius 1 is 1.69 bits per heavy atom. The van der Waals surface area contributed by atoms with E-state index in [1.54, 1.807) is 12.3 Å². The Morgan fingerprint density at radius 3 is 3.31 bits per heavy atom. The molecule has 0 amide bonds. The first-order valence-electron chi connectivity index (χ1n) is 4.71. The maximum absolute atomic E-state index is 12.5. The number of piperidine rings is 1. The van der Waals surface area contributed by atoms with Gasteiger partial charge in [-0.25, -0.2) is 4.39 Å². The highest BCUT2D eigenvalue weighted by Crippen LogP contribution is 2.17. The molecule has 1 aromatic rings. The Bertz CT molecular complexity index is 266. The zero-order valence-corrected chi connectivity index (χ0v) is 7.54. The first kappa shape index (κ1) is 8.69. The van der Waals surface area contributed by atoms with Gasteiger partial charge in [-0.15, -0.1) is 0 Å². The zero-order chi connectivity index (χ0) is 9.10. The van der Waals surface area contributed by atoms with Crippen molar-refractivity contribution in [2.75, 3.05) is 13.1 Å². The van der Waals surface area contributed by atoms with E-state index in [0.29, 0.717) is 11.7 Å². The third-order valence-corrected chi connectivity index (χ3v) is 2.51. The van der Waals surface area contributed by atoms with Crippen LogP contribution in [0.3, 0.4) is 0 Å². The molecule has 72 valence electrons. The predicted octanol–water partition coefficient (Wildman–Crippen LogP) is 1.28. The Kier molecular flexibility index (Phi) is 2.59. The Labute approximate surface area is 76.9 Å². The van der Waals surface area contributed by atoms with Crippen molar-refractivity contribution in [3.05, 3.63) is 18.0 Å². The van der Waals surface area contributed by atoms with Gasteiger partial charge in [0.1, 0.15) is 6.67 Å². The van der Waals surface area contributed by atoms with Crippen molar-refractivity contribution in [1.29, 1.82) is 0 Å². The largest absolute Gasteiger partial charge is 0.315 e. The smallest absolute Gasteiger partial charge is 0.131 e. The second kappa shape index (κ2) is 3.87. The molecule has 1 aliphatic heterocycles. The van der Waals surface area contributed by atoms with Crippen LogP contribution in [0.4, 0.5) is 4.39 Å². The molecule has 0 aliphatic carbocycles. The molecule has 13 heavy (non-hydrogen) atoms. The highest BCUT2D eigenvalue weighted by atomic mass is 19.1. The number of nitrogens with zero attached hydrogens (tertiary/aromatic N) is 2. The lowest BCUT2D eigenvalue weighted by Crippen LogP contribution is -2.32. The standard InChI is InChI=1S/C9H14FN3/c10-6-8-3-5-12-13(8)9-2-1-4-11-7-9/h3,5,9,11H,1-2,4,6-7H2. The van der Waals surface area contributed by atoms with E-state index in [9.17, 15) is 4.39 Å². The summed E-state index contributed by atoms with van der Waals surface area (Å²) in [5.74, 6) is 0. The molecule has 4 heteroatoms. The average molecular weight is 183 g/mol. The predicted molar refractivity (Wildman–Crippen MR) is 48.2 cm³/mol. The van der Waals surface area contributed by atoms with E-state index in [0.717, 1.165) is 25.9 Å². The number of hydrogen-bond acceptors (Lipinski definition) is 2. The van der Waals surface area contributed by atoms with Gasteiger partial charge in [-0.05, 0) is 25.5 Å². The topological polar surface area (TPSA) is 29.9 Å². The molecular weight excluding hydrogens is 169 g/mol. The van der Waals surface area contributed by atoms with Gasteiger partial charge in [0.25, 0.3) is 0 Å². The van der Waals surface area contributed by atoms with Gasteiger partial charge >= 0.3 is 0 Å². The monoisotopic (exact) mass is 183 g/mol. The first-order valence-corrected chi connectivity index (χ1v) is 4.71. The van der Waals surface area contributed by atoms with Crippen LogP contribution in [0.5, 0.6) is 0 Å². The fourth-order valence-corrected chi connectivity index (χ4v) is 1.82. The van der Waals surface area contributed by atoms with Crippen molar-refractivity contribution >= 4 is 0 Å². The molecule has 1 saturated heterocycles. The molecule has 1 fully saturated rings. The molecule has 1 N–H and O–H groups in total. The van der Waals surface area contributed by atoms with Gasteiger partial charge in [0.15, 0.2) is 0 Å². The second-order valence-corrected chi connectivity index (χ2v) is 3.40. The summed E-state index contributed by atoms with van der Waals surface area (Å²) in [5.41, 5.74) is 0.689. The van der Waals surface area contributed by atoms with E-state index in [2.05, 4.69) is 10.4 Å². The van der Waals surface area contributed by atoms with Gasteiger partial charge in [0.05, 0.1) is 11.7 Å². The van der Waals surface area contributed by atoms with Crippen LogP contribution in [-0.2, 0) is 6.67 Å². The average Bonchev–Trinajstić information content (AvgIpc) is 2.67. The minimum absolute atomic E-state index is 0.342. The van der Waals surface area contributed by atoms with Crippen LogP contribution in [-0.4, -0.2) is 22.9 Å². The maximum atomic E-state index is 12.5. The maximum Gasteiger partial charge on any atom is 0.131 e. The van der Waals surface area contributed by atoms with Crippen molar-refractivity contribution in [3.8, 4) is 0 Å². The van der Waals surface area contributed by atoms with Crippen LogP contribution in [0.1, 0.15) is 24.6 Å². The van der Waals surface area contributed by atoms with Crippen molar-refractivity contribution in [2.45, 2.75) is 25.6 Å². The number of nitrogens with one attached hydrogen (secondary N) is 1. The molecule has 0 radical (unpaired) electrons. The lowest BCUT2D eigenvalue weighted by molar-refractivity contribution is 0.325. The SMILES string of the molecule is FCc1ccnn1C1CCCNC1. The molecule has 0 saturated carbocycles. The van der Waals surface area contributed by atoms with Gasteiger partial charge in [-0.3, -0.25) is 4.68 Å². The molecular formula is C9H14FN3.